The zero-order valence-electron chi connectivity index (χ0n) is 14.3. The standard InChI is InChI=1S/C17H19N7OS/c1-23-9-14(19-10-23)13-8-18-12-6-7-15(21-16(12)20-13)22-17(25)24(26)11-4-2-3-5-11/h6-11,26H,2-5H2,1H3,(H,20,21,22,25). The van der Waals surface area contributed by atoms with Gasteiger partial charge in [-0.1, -0.05) is 25.7 Å². The van der Waals surface area contributed by atoms with Crippen molar-refractivity contribution in [2.24, 2.45) is 7.05 Å². The summed E-state index contributed by atoms with van der Waals surface area (Å²) in [5, 5.41) is 2.79. The lowest BCUT2D eigenvalue weighted by molar-refractivity contribution is 0.230. The first-order chi connectivity index (χ1) is 12.6. The van der Waals surface area contributed by atoms with Crippen molar-refractivity contribution in [1.29, 1.82) is 0 Å². The van der Waals surface area contributed by atoms with Crippen molar-refractivity contribution in [3.63, 3.8) is 0 Å². The molecule has 1 aliphatic rings. The summed E-state index contributed by atoms with van der Waals surface area (Å²) in [6.45, 7) is 0. The van der Waals surface area contributed by atoms with Crippen molar-refractivity contribution in [1.82, 2.24) is 28.8 Å². The van der Waals surface area contributed by atoms with Gasteiger partial charge in [0.2, 0.25) is 0 Å². The number of carbonyl (C=O) groups is 1. The van der Waals surface area contributed by atoms with Crippen LogP contribution in [0.2, 0.25) is 0 Å². The average molecular weight is 369 g/mol. The second-order valence-electron chi connectivity index (χ2n) is 6.43. The number of hydrogen-bond donors (Lipinski definition) is 2. The largest absolute Gasteiger partial charge is 0.340 e. The lowest BCUT2D eigenvalue weighted by Crippen LogP contribution is -2.34. The van der Waals surface area contributed by atoms with E-state index in [1.807, 2.05) is 17.8 Å². The molecule has 0 aromatic carbocycles. The van der Waals surface area contributed by atoms with Crippen LogP contribution in [0.15, 0.2) is 30.9 Å². The number of nitrogens with one attached hydrogen (secondary N) is 1. The zero-order chi connectivity index (χ0) is 18.1. The monoisotopic (exact) mass is 369 g/mol. The van der Waals surface area contributed by atoms with E-state index in [2.05, 4.69) is 38.1 Å². The molecule has 3 aromatic rings. The lowest BCUT2D eigenvalue weighted by Gasteiger charge is -2.22. The van der Waals surface area contributed by atoms with E-state index in [1.54, 1.807) is 24.7 Å². The van der Waals surface area contributed by atoms with E-state index in [0.717, 1.165) is 31.4 Å². The number of nitrogens with zero attached hydrogens (tertiary/aromatic N) is 6. The normalized spacial score (nSPS) is 14.7. The molecule has 0 aliphatic heterocycles. The van der Waals surface area contributed by atoms with Crippen molar-refractivity contribution in [2.75, 3.05) is 5.32 Å². The van der Waals surface area contributed by atoms with Gasteiger partial charge in [-0.3, -0.25) is 14.6 Å². The highest BCUT2D eigenvalue weighted by Gasteiger charge is 2.24. The number of thiol groups is 1. The van der Waals surface area contributed by atoms with E-state index < -0.39 is 0 Å². The lowest BCUT2D eigenvalue weighted by atomic mass is 10.2. The summed E-state index contributed by atoms with van der Waals surface area (Å²) in [6, 6.07) is 3.40. The van der Waals surface area contributed by atoms with Gasteiger partial charge in [0, 0.05) is 19.3 Å². The topological polar surface area (TPSA) is 88.8 Å². The van der Waals surface area contributed by atoms with Gasteiger partial charge in [0.05, 0.1) is 12.5 Å². The SMILES string of the molecule is Cn1cnc(-c2cnc3ccc(NC(=O)N(S)C4CCCC4)nc3n2)c1. The number of aryl methyl sites for hydroxylation is 1. The van der Waals surface area contributed by atoms with Gasteiger partial charge in [-0.2, -0.15) is 0 Å². The van der Waals surface area contributed by atoms with Crippen molar-refractivity contribution in [3.05, 3.63) is 30.9 Å². The van der Waals surface area contributed by atoms with Gasteiger partial charge < -0.3 is 4.57 Å². The highest BCUT2D eigenvalue weighted by atomic mass is 32.1. The number of hydrogen-bond acceptors (Lipinski definition) is 6. The molecular formula is C17H19N7OS. The van der Waals surface area contributed by atoms with Gasteiger partial charge in [0.15, 0.2) is 5.65 Å². The minimum atomic E-state index is -0.277. The van der Waals surface area contributed by atoms with E-state index in [1.165, 1.54) is 4.31 Å². The number of pyridine rings is 1. The van der Waals surface area contributed by atoms with Crippen molar-refractivity contribution < 1.29 is 4.79 Å². The molecule has 1 N–H and O–H groups in total. The molecule has 2 amide bonds. The molecule has 3 heterocycles. The third kappa shape index (κ3) is 3.34. The Kier molecular flexibility index (Phi) is 4.46. The summed E-state index contributed by atoms with van der Waals surface area (Å²) in [5.74, 6) is 0.423. The van der Waals surface area contributed by atoms with E-state index in [4.69, 9.17) is 0 Å². The number of imidazole rings is 1. The molecule has 134 valence electrons. The molecule has 1 fully saturated rings. The second-order valence-corrected chi connectivity index (χ2v) is 6.86. The smallest absolute Gasteiger partial charge is 0.333 e. The number of anilines is 1. The number of rotatable bonds is 3. The van der Waals surface area contributed by atoms with Crippen LogP contribution in [-0.2, 0) is 7.05 Å². The molecule has 9 heteroatoms. The molecule has 0 radical (unpaired) electrons. The molecule has 0 saturated heterocycles. The van der Waals surface area contributed by atoms with Crippen molar-refractivity contribution in [3.8, 4) is 11.4 Å². The molecule has 0 bridgehead atoms. The van der Waals surface area contributed by atoms with E-state index in [9.17, 15) is 4.79 Å². The van der Waals surface area contributed by atoms with Gasteiger partial charge in [-0.25, -0.2) is 19.7 Å². The molecule has 26 heavy (non-hydrogen) atoms. The maximum Gasteiger partial charge on any atom is 0.333 e. The van der Waals surface area contributed by atoms with E-state index >= 15 is 0 Å². The fourth-order valence-electron chi connectivity index (χ4n) is 3.12. The maximum atomic E-state index is 12.4. The van der Waals surface area contributed by atoms with Crippen molar-refractivity contribution >= 4 is 35.8 Å². The first kappa shape index (κ1) is 16.8. The van der Waals surface area contributed by atoms with Crippen LogP contribution in [0.1, 0.15) is 25.7 Å². The Morgan fingerprint density at radius 3 is 2.77 bits per heavy atom. The summed E-state index contributed by atoms with van der Waals surface area (Å²) in [5.41, 5.74) is 2.47. The minimum Gasteiger partial charge on any atom is -0.340 e. The third-order valence-corrected chi connectivity index (χ3v) is 5.00. The maximum absolute atomic E-state index is 12.4. The number of amides is 2. The highest BCUT2D eigenvalue weighted by Crippen LogP contribution is 2.25. The molecule has 1 saturated carbocycles. The molecular weight excluding hydrogens is 350 g/mol. The van der Waals surface area contributed by atoms with Gasteiger partial charge in [0.1, 0.15) is 22.7 Å². The van der Waals surface area contributed by atoms with Crippen LogP contribution in [0.25, 0.3) is 22.6 Å². The Hall–Kier alpha value is -2.68. The minimum absolute atomic E-state index is 0.175. The summed E-state index contributed by atoms with van der Waals surface area (Å²) >= 11 is 4.35. The van der Waals surface area contributed by atoms with E-state index in [-0.39, 0.29) is 12.1 Å². The summed E-state index contributed by atoms with van der Waals surface area (Å²) < 4.78 is 3.31. The average Bonchev–Trinajstić information content (AvgIpc) is 3.32. The van der Waals surface area contributed by atoms with Crippen molar-refractivity contribution in [2.45, 2.75) is 31.7 Å². The fraction of sp³-hybridized carbons (Fsp3) is 0.353. The van der Waals surface area contributed by atoms with E-state index in [0.29, 0.717) is 22.7 Å². The molecule has 0 spiro atoms. The Bertz CT molecular complexity index is 951. The third-order valence-electron chi connectivity index (χ3n) is 4.49. The zero-order valence-corrected chi connectivity index (χ0v) is 15.2. The van der Waals surface area contributed by atoms with Gasteiger partial charge in [0.25, 0.3) is 0 Å². The predicted octanol–water partition coefficient (Wildman–Crippen LogP) is 3.05. The number of aromatic nitrogens is 5. The highest BCUT2D eigenvalue weighted by molar-refractivity contribution is 7.78. The van der Waals surface area contributed by atoms with Crippen LogP contribution >= 0.6 is 12.8 Å². The molecule has 0 atom stereocenters. The van der Waals surface area contributed by atoms with Gasteiger partial charge in [-0.15, -0.1) is 0 Å². The Labute approximate surface area is 156 Å². The Morgan fingerprint density at radius 2 is 2.04 bits per heavy atom. The molecule has 0 unspecified atom stereocenters. The Balaban J connectivity index is 1.57. The van der Waals surface area contributed by atoms with Crippen LogP contribution in [0.4, 0.5) is 10.6 Å². The van der Waals surface area contributed by atoms with Gasteiger partial charge in [-0.05, 0) is 25.0 Å². The first-order valence-corrected chi connectivity index (χ1v) is 8.91. The fourth-order valence-corrected chi connectivity index (χ4v) is 3.40. The van der Waals surface area contributed by atoms with Crippen LogP contribution in [0.3, 0.4) is 0 Å². The first-order valence-electron chi connectivity index (χ1n) is 8.51. The van der Waals surface area contributed by atoms with Gasteiger partial charge >= 0.3 is 6.03 Å². The second kappa shape index (κ2) is 6.91. The number of urea groups is 1. The number of carbonyl (C=O) groups excluding carboxylic acids is 1. The van der Waals surface area contributed by atoms with Crippen LogP contribution < -0.4 is 5.32 Å². The summed E-state index contributed by atoms with van der Waals surface area (Å²) in [6.07, 6.45) is 9.48. The molecule has 4 rings (SSSR count). The summed E-state index contributed by atoms with van der Waals surface area (Å²) in [4.78, 5) is 30.0. The predicted molar refractivity (Wildman–Crippen MR) is 102 cm³/mol. The molecule has 3 aromatic heterocycles. The van der Waals surface area contributed by atoms with Crippen LogP contribution in [0, 0.1) is 0 Å². The van der Waals surface area contributed by atoms with Crippen LogP contribution in [-0.4, -0.2) is 40.9 Å². The number of fused-ring (bicyclic) bond motifs is 1. The summed E-state index contributed by atoms with van der Waals surface area (Å²) in [7, 11) is 1.89. The molecule has 1 aliphatic carbocycles. The molecule has 8 nitrogen and oxygen atoms in total. The Morgan fingerprint density at radius 1 is 1.23 bits per heavy atom. The van der Waals surface area contributed by atoms with Crippen LogP contribution in [0.5, 0.6) is 0 Å². The quantitative estimate of drug-likeness (QED) is 0.693.